The maximum atomic E-state index is 10.7. The molecule has 0 fully saturated rings. The lowest BCUT2D eigenvalue weighted by atomic mass is 10.1. The number of benzene rings is 1. The van der Waals surface area contributed by atoms with E-state index in [2.05, 4.69) is 0 Å². The quantitative estimate of drug-likeness (QED) is 0.854. The first-order valence-corrected chi connectivity index (χ1v) is 5.67. The molecule has 0 spiro atoms. The lowest BCUT2D eigenvalue weighted by molar-refractivity contribution is -0.109. The van der Waals surface area contributed by atoms with Crippen LogP contribution in [0.5, 0.6) is 5.75 Å². The molecule has 0 heterocycles. The minimum atomic E-state index is 0.127. The van der Waals surface area contributed by atoms with Crippen LogP contribution in [0.15, 0.2) is 24.3 Å². The summed E-state index contributed by atoms with van der Waals surface area (Å²) in [7, 11) is 0. The molecule has 0 atom stereocenters. The van der Waals surface area contributed by atoms with Crippen LogP contribution in [0.1, 0.15) is 18.1 Å². The molecular weight excluding hydrogens is 208 g/mol. The summed E-state index contributed by atoms with van der Waals surface area (Å²) < 4.78 is 0. The maximum absolute atomic E-state index is 10.7. The molecule has 0 aliphatic heterocycles. The Bertz CT molecular complexity index is 383. The molecule has 1 N–H and O–H groups in total. The van der Waals surface area contributed by atoms with Crippen molar-refractivity contribution in [1.82, 2.24) is 0 Å². The summed E-state index contributed by atoms with van der Waals surface area (Å²) in [5.74, 6) is 0.970. The molecule has 0 amide bonds. The van der Waals surface area contributed by atoms with Crippen LogP contribution in [-0.4, -0.2) is 16.0 Å². The molecule has 0 radical (unpaired) electrons. The molecule has 1 rings (SSSR count). The minimum Gasteiger partial charge on any atom is -0.508 e. The molecule has 80 valence electrons. The molecule has 0 bridgehead atoms. The largest absolute Gasteiger partial charge is 0.508 e. The van der Waals surface area contributed by atoms with Gasteiger partial charge in [0.05, 0.1) is 0 Å². The summed E-state index contributed by atoms with van der Waals surface area (Å²) in [6.07, 6.45) is 3.91. The average molecular weight is 222 g/mol. The van der Waals surface area contributed by atoms with Gasteiger partial charge in [0.15, 0.2) is 5.12 Å². The zero-order valence-electron chi connectivity index (χ0n) is 8.86. The Balaban J connectivity index is 2.60. The van der Waals surface area contributed by atoms with Crippen LogP contribution in [0.2, 0.25) is 0 Å². The van der Waals surface area contributed by atoms with Gasteiger partial charge in [-0.3, -0.25) is 4.79 Å². The van der Waals surface area contributed by atoms with Gasteiger partial charge in [-0.1, -0.05) is 30.0 Å². The number of phenolic OH excluding ortho intramolecular Hbond substituents is 1. The van der Waals surface area contributed by atoms with Crippen LogP contribution in [0.3, 0.4) is 0 Å². The van der Waals surface area contributed by atoms with Gasteiger partial charge in [-0.2, -0.15) is 0 Å². The molecule has 2 nitrogen and oxygen atoms in total. The van der Waals surface area contributed by atoms with Gasteiger partial charge in [0.1, 0.15) is 5.75 Å². The lowest BCUT2D eigenvalue weighted by Gasteiger charge is -2.00. The third-order valence-corrected chi connectivity index (χ3v) is 2.70. The van der Waals surface area contributed by atoms with E-state index in [9.17, 15) is 9.90 Å². The zero-order valence-corrected chi connectivity index (χ0v) is 9.67. The van der Waals surface area contributed by atoms with Crippen molar-refractivity contribution >= 4 is 23.0 Å². The van der Waals surface area contributed by atoms with Crippen molar-refractivity contribution in [2.24, 2.45) is 0 Å². The number of hydrogen-bond donors (Lipinski definition) is 1. The van der Waals surface area contributed by atoms with Crippen molar-refractivity contribution in [3.05, 3.63) is 35.4 Å². The van der Waals surface area contributed by atoms with Gasteiger partial charge in [0.2, 0.25) is 0 Å². The van der Waals surface area contributed by atoms with Crippen molar-refractivity contribution in [2.75, 3.05) is 5.75 Å². The molecule has 0 aliphatic carbocycles. The van der Waals surface area contributed by atoms with Crippen LogP contribution in [0.25, 0.3) is 6.08 Å². The molecule has 0 saturated heterocycles. The summed E-state index contributed by atoms with van der Waals surface area (Å²) in [5, 5.41) is 9.34. The maximum Gasteiger partial charge on any atom is 0.186 e. The predicted octanol–water partition coefficient (Wildman–Crippen LogP) is 2.99. The first kappa shape index (κ1) is 11.9. The van der Waals surface area contributed by atoms with Crippen molar-refractivity contribution in [1.29, 1.82) is 0 Å². The van der Waals surface area contributed by atoms with Gasteiger partial charge < -0.3 is 5.11 Å². The zero-order chi connectivity index (χ0) is 11.3. The van der Waals surface area contributed by atoms with E-state index in [4.69, 9.17) is 0 Å². The lowest BCUT2D eigenvalue weighted by Crippen LogP contribution is -1.83. The Labute approximate surface area is 94.0 Å². The molecular formula is C12H14O2S. The summed E-state index contributed by atoms with van der Waals surface area (Å²) >= 11 is 1.28. The summed E-state index contributed by atoms with van der Waals surface area (Å²) in [5.41, 5.74) is 2.09. The Morgan fingerprint density at radius 3 is 2.87 bits per heavy atom. The van der Waals surface area contributed by atoms with Crippen molar-refractivity contribution < 1.29 is 9.90 Å². The molecule has 0 aliphatic rings. The molecule has 0 saturated carbocycles. The molecule has 0 aromatic heterocycles. The SMILES string of the molecule is CC(=O)SCC=Cc1ccc(O)cc1C. The van der Waals surface area contributed by atoms with E-state index in [0.29, 0.717) is 5.75 Å². The number of hydrogen-bond acceptors (Lipinski definition) is 3. The first-order chi connectivity index (χ1) is 7.09. The minimum absolute atomic E-state index is 0.127. The third-order valence-electron chi connectivity index (χ3n) is 1.93. The summed E-state index contributed by atoms with van der Waals surface area (Å²) in [6, 6.07) is 5.24. The van der Waals surface area contributed by atoms with E-state index in [1.54, 1.807) is 19.1 Å². The second kappa shape index (κ2) is 5.61. The fourth-order valence-corrected chi connectivity index (χ4v) is 1.61. The third kappa shape index (κ3) is 4.21. The second-order valence-corrected chi connectivity index (χ2v) is 4.44. The fraction of sp³-hybridized carbons (Fsp3) is 0.250. The van der Waals surface area contributed by atoms with E-state index in [-0.39, 0.29) is 10.9 Å². The number of carbonyl (C=O) groups excluding carboxylic acids is 1. The highest BCUT2D eigenvalue weighted by Gasteiger charge is 1.95. The highest BCUT2D eigenvalue weighted by atomic mass is 32.2. The van der Waals surface area contributed by atoms with E-state index in [0.717, 1.165) is 11.1 Å². The summed E-state index contributed by atoms with van der Waals surface area (Å²) in [6.45, 7) is 3.50. The van der Waals surface area contributed by atoms with Crippen molar-refractivity contribution in [3.8, 4) is 5.75 Å². The number of phenols is 1. The number of rotatable bonds is 3. The van der Waals surface area contributed by atoms with Crippen LogP contribution in [0, 0.1) is 6.92 Å². The van der Waals surface area contributed by atoms with E-state index in [1.165, 1.54) is 11.8 Å². The highest BCUT2D eigenvalue weighted by molar-refractivity contribution is 8.13. The van der Waals surface area contributed by atoms with Crippen LogP contribution in [-0.2, 0) is 4.79 Å². The summed E-state index contributed by atoms with van der Waals surface area (Å²) in [4.78, 5) is 10.7. The Morgan fingerprint density at radius 1 is 1.53 bits per heavy atom. The highest BCUT2D eigenvalue weighted by Crippen LogP contribution is 2.17. The molecule has 1 aromatic carbocycles. The van der Waals surface area contributed by atoms with E-state index >= 15 is 0 Å². The van der Waals surface area contributed by atoms with Crippen molar-refractivity contribution in [3.63, 3.8) is 0 Å². The molecule has 3 heteroatoms. The second-order valence-electron chi connectivity index (χ2n) is 3.25. The van der Waals surface area contributed by atoms with Gasteiger partial charge in [-0.05, 0) is 30.2 Å². The molecule has 15 heavy (non-hydrogen) atoms. The first-order valence-electron chi connectivity index (χ1n) is 4.69. The van der Waals surface area contributed by atoms with Crippen LogP contribution < -0.4 is 0 Å². The van der Waals surface area contributed by atoms with Crippen LogP contribution in [0.4, 0.5) is 0 Å². The predicted molar refractivity (Wildman–Crippen MR) is 65.0 cm³/mol. The molecule has 0 unspecified atom stereocenters. The normalized spacial score (nSPS) is 10.8. The number of carbonyl (C=O) groups is 1. The number of aromatic hydroxyl groups is 1. The average Bonchev–Trinajstić information content (AvgIpc) is 2.14. The van der Waals surface area contributed by atoms with Gasteiger partial charge in [-0.25, -0.2) is 0 Å². The Morgan fingerprint density at radius 2 is 2.27 bits per heavy atom. The van der Waals surface area contributed by atoms with Gasteiger partial charge in [-0.15, -0.1) is 0 Å². The smallest absolute Gasteiger partial charge is 0.186 e. The standard InChI is InChI=1S/C12H14O2S/c1-9-8-12(14)6-5-11(9)4-3-7-15-10(2)13/h3-6,8,14H,7H2,1-2H3. The monoisotopic (exact) mass is 222 g/mol. The fourth-order valence-electron chi connectivity index (χ4n) is 1.19. The Hall–Kier alpha value is -1.22. The van der Waals surface area contributed by atoms with Gasteiger partial charge in [0.25, 0.3) is 0 Å². The van der Waals surface area contributed by atoms with Crippen molar-refractivity contribution in [2.45, 2.75) is 13.8 Å². The van der Waals surface area contributed by atoms with E-state index < -0.39 is 0 Å². The van der Waals surface area contributed by atoms with Gasteiger partial charge >= 0.3 is 0 Å². The number of thioether (sulfide) groups is 1. The van der Waals surface area contributed by atoms with Crippen LogP contribution >= 0.6 is 11.8 Å². The van der Waals surface area contributed by atoms with E-state index in [1.807, 2.05) is 25.1 Å². The van der Waals surface area contributed by atoms with Gasteiger partial charge in [0, 0.05) is 12.7 Å². The number of aryl methyl sites for hydroxylation is 1. The topological polar surface area (TPSA) is 37.3 Å². The Kier molecular flexibility index (Phi) is 4.43. The molecule has 1 aromatic rings.